The highest BCUT2D eigenvalue weighted by molar-refractivity contribution is 9.10. The highest BCUT2D eigenvalue weighted by atomic mass is 79.9. The van der Waals surface area contributed by atoms with Crippen molar-refractivity contribution in [2.24, 2.45) is 0 Å². The SMILES string of the molecule is CCNC(c1sccc1Cl)c1c(C)c(Br)cc(C)c1OC. The first-order chi connectivity index (χ1) is 10.0. The van der Waals surface area contributed by atoms with Gasteiger partial charge in [0.1, 0.15) is 5.75 Å². The molecule has 1 atom stereocenters. The van der Waals surface area contributed by atoms with E-state index >= 15 is 0 Å². The van der Waals surface area contributed by atoms with Gasteiger partial charge in [-0.15, -0.1) is 11.3 Å². The normalized spacial score (nSPS) is 12.5. The van der Waals surface area contributed by atoms with Crippen LogP contribution in [0.25, 0.3) is 0 Å². The second-order valence-electron chi connectivity index (χ2n) is 4.87. The first-order valence-corrected chi connectivity index (χ1v) is 8.86. The topological polar surface area (TPSA) is 21.3 Å². The molecule has 5 heteroatoms. The number of methoxy groups -OCH3 is 1. The van der Waals surface area contributed by atoms with E-state index in [1.807, 2.05) is 11.4 Å². The van der Waals surface area contributed by atoms with Crippen LogP contribution < -0.4 is 10.1 Å². The molecule has 0 fully saturated rings. The third kappa shape index (κ3) is 3.29. The lowest BCUT2D eigenvalue weighted by atomic mass is 9.96. The Balaban J connectivity index is 2.68. The molecule has 1 aromatic heterocycles. The molecule has 0 spiro atoms. The van der Waals surface area contributed by atoms with E-state index in [9.17, 15) is 0 Å². The quantitative estimate of drug-likeness (QED) is 0.731. The zero-order valence-electron chi connectivity index (χ0n) is 12.6. The van der Waals surface area contributed by atoms with Gasteiger partial charge in [0.2, 0.25) is 0 Å². The lowest BCUT2D eigenvalue weighted by molar-refractivity contribution is 0.401. The van der Waals surface area contributed by atoms with E-state index in [0.29, 0.717) is 0 Å². The minimum absolute atomic E-state index is 0.0358. The molecule has 114 valence electrons. The fraction of sp³-hybridized carbons (Fsp3) is 0.375. The molecule has 1 aromatic carbocycles. The average molecular weight is 389 g/mol. The van der Waals surface area contributed by atoms with E-state index in [0.717, 1.165) is 37.8 Å². The van der Waals surface area contributed by atoms with Crippen LogP contribution in [0, 0.1) is 13.8 Å². The number of nitrogens with one attached hydrogen (secondary N) is 1. The Morgan fingerprint density at radius 3 is 2.67 bits per heavy atom. The van der Waals surface area contributed by atoms with Gasteiger partial charge < -0.3 is 10.1 Å². The van der Waals surface area contributed by atoms with E-state index in [1.165, 1.54) is 5.56 Å². The second kappa shape index (κ2) is 7.14. The van der Waals surface area contributed by atoms with E-state index in [4.69, 9.17) is 16.3 Å². The van der Waals surface area contributed by atoms with Crippen LogP contribution in [0.1, 0.15) is 34.5 Å². The monoisotopic (exact) mass is 387 g/mol. The minimum Gasteiger partial charge on any atom is -0.496 e. The van der Waals surface area contributed by atoms with Crippen LogP contribution in [0.4, 0.5) is 0 Å². The molecule has 0 aliphatic carbocycles. The molecule has 2 aromatic rings. The predicted molar refractivity (Wildman–Crippen MR) is 95.0 cm³/mol. The molecular weight excluding hydrogens is 370 g/mol. The van der Waals surface area contributed by atoms with Crippen LogP contribution in [0.2, 0.25) is 5.02 Å². The number of benzene rings is 1. The van der Waals surface area contributed by atoms with Crippen LogP contribution in [0.15, 0.2) is 22.0 Å². The molecule has 0 saturated carbocycles. The van der Waals surface area contributed by atoms with Crippen molar-refractivity contribution >= 4 is 38.9 Å². The van der Waals surface area contributed by atoms with Gasteiger partial charge >= 0.3 is 0 Å². The summed E-state index contributed by atoms with van der Waals surface area (Å²) in [6, 6.07) is 4.07. The summed E-state index contributed by atoms with van der Waals surface area (Å²) in [6.45, 7) is 7.12. The van der Waals surface area contributed by atoms with E-state index in [-0.39, 0.29) is 6.04 Å². The Morgan fingerprint density at radius 2 is 2.14 bits per heavy atom. The predicted octanol–water partition coefficient (Wildman–Crippen LogP) is 5.49. The summed E-state index contributed by atoms with van der Waals surface area (Å²) in [6.07, 6.45) is 0. The van der Waals surface area contributed by atoms with Gasteiger partial charge in [-0.3, -0.25) is 0 Å². The van der Waals surface area contributed by atoms with Gasteiger partial charge in [-0.1, -0.05) is 34.5 Å². The maximum absolute atomic E-state index is 6.37. The number of halogens is 2. The lowest BCUT2D eigenvalue weighted by Crippen LogP contribution is -2.23. The summed E-state index contributed by atoms with van der Waals surface area (Å²) in [4.78, 5) is 1.12. The Morgan fingerprint density at radius 1 is 1.43 bits per heavy atom. The molecule has 0 bridgehead atoms. The molecule has 21 heavy (non-hydrogen) atoms. The van der Waals surface area contributed by atoms with Crippen molar-refractivity contribution < 1.29 is 4.74 Å². The molecule has 0 amide bonds. The molecule has 1 N–H and O–H groups in total. The second-order valence-corrected chi connectivity index (χ2v) is 7.08. The van der Waals surface area contributed by atoms with Gasteiger partial charge in [0, 0.05) is 14.9 Å². The zero-order valence-corrected chi connectivity index (χ0v) is 15.7. The van der Waals surface area contributed by atoms with Crippen LogP contribution >= 0.6 is 38.9 Å². The molecule has 2 rings (SSSR count). The molecule has 1 heterocycles. The summed E-state index contributed by atoms with van der Waals surface area (Å²) < 4.78 is 6.77. The summed E-state index contributed by atoms with van der Waals surface area (Å²) >= 11 is 11.7. The van der Waals surface area contributed by atoms with Gasteiger partial charge in [-0.05, 0) is 49.0 Å². The largest absolute Gasteiger partial charge is 0.496 e. The Bertz CT molecular complexity index is 641. The zero-order chi connectivity index (χ0) is 15.6. The van der Waals surface area contributed by atoms with Crippen molar-refractivity contribution in [3.63, 3.8) is 0 Å². The molecule has 0 aliphatic rings. The van der Waals surface area contributed by atoms with Crippen LogP contribution in [-0.4, -0.2) is 13.7 Å². The van der Waals surface area contributed by atoms with Crippen molar-refractivity contribution in [1.29, 1.82) is 0 Å². The van der Waals surface area contributed by atoms with Gasteiger partial charge in [0.05, 0.1) is 18.2 Å². The van der Waals surface area contributed by atoms with E-state index in [2.05, 4.69) is 48.1 Å². The number of ether oxygens (including phenoxy) is 1. The maximum Gasteiger partial charge on any atom is 0.127 e. The van der Waals surface area contributed by atoms with Gasteiger partial charge in [0.15, 0.2) is 0 Å². The summed E-state index contributed by atoms with van der Waals surface area (Å²) in [7, 11) is 1.72. The average Bonchev–Trinajstić information content (AvgIpc) is 2.86. The third-order valence-electron chi connectivity index (χ3n) is 3.52. The fourth-order valence-electron chi connectivity index (χ4n) is 2.54. The maximum atomic E-state index is 6.37. The highest BCUT2D eigenvalue weighted by Gasteiger charge is 2.25. The highest BCUT2D eigenvalue weighted by Crippen LogP contribution is 2.42. The van der Waals surface area contributed by atoms with Gasteiger partial charge in [-0.2, -0.15) is 0 Å². The number of hydrogen-bond donors (Lipinski definition) is 1. The van der Waals surface area contributed by atoms with Crippen LogP contribution in [0.5, 0.6) is 5.75 Å². The standard InChI is InChI=1S/C16H19BrClNOS/c1-5-19-14(16-12(18)6-7-21-16)13-10(3)11(17)8-9(2)15(13)20-4/h6-8,14,19H,5H2,1-4H3. The lowest BCUT2D eigenvalue weighted by Gasteiger charge is -2.24. The number of hydrogen-bond acceptors (Lipinski definition) is 3. The first-order valence-electron chi connectivity index (χ1n) is 6.81. The van der Waals surface area contributed by atoms with Gasteiger partial charge in [-0.25, -0.2) is 0 Å². The Kier molecular flexibility index (Phi) is 5.72. The Labute approximate surface area is 143 Å². The van der Waals surface area contributed by atoms with E-state index < -0.39 is 0 Å². The van der Waals surface area contributed by atoms with Crippen molar-refractivity contribution in [1.82, 2.24) is 5.32 Å². The smallest absolute Gasteiger partial charge is 0.127 e. The third-order valence-corrected chi connectivity index (χ3v) is 5.76. The molecule has 0 aliphatic heterocycles. The number of aryl methyl sites for hydroxylation is 1. The summed E-state index contributed by atoms with van der Waals surface area (Å²) in [5.41, 5.74) is 3.43. The first kappa shape index (κ1) is 16.8. The molecular formula is C16H19BrClNOS. The van der Waals surface area contributed by atoms with Crippen molar-refractivity contribution in [2.45, 2.75) is 26.8 Å². The minimum atomic E-state index is 0.0358. The molecule has 2 nitrogen and oxygen atoms in total. The van der Waals surface area contributed by atoms with Crippen LogP contribution in [0.3, 0.4) is 0 Å². The number of rotatable bonds is 5. The van der Waals surface area contributed by atoms with Crippen LogP contribution in [-0.2, 0) is 0 Å². The summed E-state index contributed by atoms with van der Waals surface area (Å²) in [5, 5.41) is 6.36. The van der Waals surface area contributed by atoms with E-state index in [1.54, 1.807) is 18.4 Å². The summed E-state index contributed by atoms with van der Waals surface area (Å²) in [5.74, 6) is 0.922. The fourth-order valence-corrected chi connectivity index (χ4v) is 4.34. The van der Waals surface area contributed by atoms with Gasteiger partial charge in [0.25, 0.3) is 0 Å². The molecule has 1 unspecified atom stereocenters. The number of thiophene rings is 1. The Hall–Kier alpha value is -0.550. The molecule has 0 radical (unpaired) electrons. The van der Waals surface area contributed by atoms with Crippen molar-refractivity contribution in [2.75, 3.05) is 13.7 Å². The van der Waals surface area contributed by atoms with Crippen molar-refractivity contribution in [3.8, 4) is 5.75 Å². The van der Waals surface area contributed by atoms with Crippen molar-refractivity contribution in [3.05, 3.63) is 48.6 Å². The molecule has 0 saturated heterocycles.